The Hall–Kier alpha value is -1.57. The largest absolute Gasteiger partial charge is 0.472 e. The Morgan fingerprint density at radius 1 is 1.19 bits per heavy atom. The summed E-state index contributed by atoms with van der Waals surface area (Å²) in [5, 5.41) is 51.0. The van der Waals surface area contributed by atoms with E-state index in [4.69, 9.17) is 23.7 Å². The summed E-state index contributed by atoms with van der Waals surface area (Å²) in [4.78, 5) is 12.3. The average Bonchev–Trinajstić information content (AvgIpc) is 3.37. The lowest BCUT2D eigenvalue weighted by molar-refractivity contribution is -0.349. The molecule has 4 rings (SSSR count). The Morgan fingerprint density at radius 2 is 1.90 bits per heavy atom. The number of hydrogen-bond acceptors (Lipinski definition) is 11. The molecule has 4 aliphatic rings. The number of ether oxygens (including phenoxy) is 5. The number of carbonyl (C=O) groups is 1. The lowest BCUT2D eigenvalue weighted by Crippen LogP contribution is -2.62. The van der Waals surface area contributed by atoms with Gasteiger partial charge in [-0.1, -0.05) is 6.08 Å². The second kappa shape index (κ2) is 7.78. The highest BCUT2D eigenvalue weighted by atomic mass is 16.8. The summed E-state index contributed by atoms with van der Waals surface area (Å²) < 4.78 is 27.9. The molecule has 0 aromatic carbocycles. The van der Waals surface area contributed by atoms with Gasteiger partial charge in [-0.05, 0) is 26.8 Å². The summed E-state index contributed by atoms with van der Waals surface area (Å²) in [5.74, 6) is -1.46. The average molecular weight is 444 g/mol. The lowest BCUT2D eigenvalue weighted by Gasteiger charge is -2.45. The van der Waals surface area contributed by atoms with Crippen LogP contribution in [0.2, 0.25) is 0 Å². The predicted molar refractivity (Wildman–Crippen MR) is 99.9 cm³/mol. The van der Waals surface area contributed by atoms with Crippen molar-refractivity contribution in [3.63, 3.8) is 0 Å². The molecule has 0 aromatic rings. The number of rotatable bonds is 5. The van der Waals surface area contributed by atoms with Crippen LogP contribution in [0.3, 0.4) is 0 Å². The van der Waals surface area contributed by atoms with Gasteiger partial charge in [-0.15, -0.1) is 0 Å². The van der Waals surface area contributed by atoms with E-state index in [0.29, 0.717) is 5.57 Å². The van der Waals surface area contributed by atoms with Crippen molar-refractivity contribution in [2.45, 2.75) is 81.2 Å². The number of aliphatic hydroxyl groups is 5. The van der Waals surface area contributed by atoms with Crippen LogP contribution in [0, 0.1) is 5.92 Å². The molecule has 3 fully saturated rings. The topological polar surface area (TPSA) is 168 Å². The van der Waals surface area contributed by atoms with Gasteiger partial charge in [0.2, 0.25) is 6.29 Å². The molecule has 11 nitrogen and oxygen atoms in total. The standard InChI is InChI=1S/C20H28O11/c1-4-8(2)16(25)29-15-14-19(3,31-14)13-18(27-6-5-20(13,15)26)30-17-12(24)11(23)10(22)9(7-21)28-17/h4-6,9-15,17-18,21-24,26H,7H2,1-3H3. The number of aliphatic hydroxyl groups excluding tert-OH is 4. The molecular formula is C20H28O11. The van der Waals surface area contributed by atoms with Crippen molar-refractivity contribution < 1.29 is 54.0 Å². The lowest BCUT2D eigenvalue weighted by atomic mass is 9.82. The van der Waals surface area contributed by atoms with Crippen LogP contribution in [0.15, 0.2) is 24.0 Å². The van der Waals surface area contributed by atoms with Crippen molar-refractivity contribution in [2.75, 3.05) is 6.61 Å². The predicted octanol–water partition coefficient (Wildman–Crippen LogP) is -1.93. The Balaban J connectivity index is 1.56. The van der Waals surface area contributed by atoms with E-state index in [2.05, 4.69) is 0 Å². The van der Waals surface area contributed by atoms with Gasteiger partial charge in [-0.25, -0.2) is 4.79 Å². The van der Waals surface area contributed by atoms with Crippen LogP contribution in [0.25, 0.3) is 0 Å². The van der Waals surface area contributed by atoms with Gasteiger partial charge in [-0.2, -0.15) is 0 Å². The molecule has 3 aliphatic heterocycles. The molecule has 0 spiro atoms. The molecule has 2 saturated heterocycles. The van der Waals surface area contributed by atoms with Gasteiger partial charge in [0.25, 0.3) is 0 Å². The van der Waals surface area contributed by atoms with Crippen LogP contribution in [0.4, 0.5) is 0 Å². The molecule has 11 unspecified atom stereocenters. The molecule has 31 heavy (non-hydrogen) atoms. The van der Waals surface area contributed by atoms with E-state index in [1.807, 2.05) is 0 Å². The highest BCUT2D eigenvalue weighted by molar-refractivity contribution is 5.88. The SMILES string of the molecule is CC=C(C)C(=O)OC1C2OC2(C)C2C(OC3OC(CO)C(O)C(O)C3O)OC=CC12O. The number of allylic oxidation sites excluding steroid dienone is 1. The zero-order valence-corrected chi connectivity index (χ0v) is 17.3. The smallest absolute Gasteiger partial charge is 0.333 e. The Kier molecular flexibility index (Phi) is 5.68. The third kappa shape index (κ3) is 3.40. The van der Waals surface area contributed by atoms with Gasteiger partial charge in [-0.3, -0.25) is 0 Å². The number of epoxide rings is 1. The van der Waals surface area contributed by atoms with E-state index in [0.717, 1.165) is 0 Å². The van der Waals surface area contributed by atoms with Crippen molar-refractivity contribution in [1.82, 2.24) is 0 Å². The Labute approximate surface area is 178 Å². The van der Waals surface area contributed by atoms with E-state index in [1.165, 1.54) is 12.3 Å². The fourth-order valence-electron chi connectivity index (χ4n) is 4.63. The fourth-order valence-corrected chi connectivity index (χ4v) is 4.63. The van der Waals surface area contributed by atoms with E-state index in [-0.39, 0.29) is 0 Å². The van der Waals surface area contributed by atoms with E-state index >= 15 is 0 Å². The molecular weight excluding hydrogens is 416 g/mol. The van der Waals surface area contributed by atoms with E-state index in [9.17, 15) is 30.3 Å². The van der Waals surface area contributed by atoms with Crippen LogP contribution >= 0.6 is 0 Å². The number of esters is 1. The highest BCUT2D eigenvalue weighted by Crippen LogP contribution is 2.62. The van der Waals surface area contributed by atoms with Crippen molar-refractivity contribution in [3.05, 3.63) is 24.0 Å². The number of hydrogen-bond donors (Lipinski definition) is 5. The zero-order valence-electron chi connectivity index (χ0n) is 17.3. The minimum absolute atomic E-state index is 0.375. The fraction of sp³-hybridized carbons (Fsp3) is 0.750. The third-order valence-corrected chi connectivity index (χ3v) is 6.66. The van der Waals surface area contributed by atoms with Gasteiger partial charge < -0.3 is 49.2 Å². The van der Waals surface area contributed by atoms with Crippen molar-refractivity contribution in [2.24, 2.45) is 5.92 Å². The molecule has 0 bridgehead atoms. The molecule has 1 saturated carbocycles. The van der Waals surface area contributed by atoms with Crippen LogP contribution in [-0.2, 0) is 28.5 Å². The van der Waals surface area contributed by atoms with Crippen molar-refractivity contribution >= 4 is 5.97 Å². The van der Waals surface area contributed by atoms with Gasteiger partial charge in [0.1, 0.15) is 41.7 Å². The molecule has 0 aromatic heterocycles. The van der Waals surface area contributed by atoms with E-state index in [1.54, 1.807) is 26.8 Å². The maximum atomic E-state index is 12.3. The molecule has 3 heterocycles. The van der Waals surface area contributed by atoms with Crippen LogP contribution in [-0.4, -0.2) is 98.5 Å². The molecule has 1 aliphatic carbocycles. The molecule has 5 N–H and O–H groups in total. The van der Waals surface area contributed by atoms with Crippen molar-refractivity contribution in [1.29, 1.82) is 0 Å². The molecule has 0 radical (unpaired) electrons. The monoisotopic (exact) mass is 444 g/mol. The summed E-state index contributed by atoms with van der Waals surface area (Å²) in [5.41, 5.74) is -2.26. The molecule has 0 amide bonds. The second-order valence-electron chi connectivity index (χ2n) is 8.53. The summed E-state index contributed by atoms with van der Waals surface area (Å²) in [6.07, 6.45) is -6.12. The van der Waals surface area contributed by atoms with E-state index < -0.39 is 78.9 Å². The summed E-state index contributed by atoms with van der Waals surface area (Å²) >= 11 is 0. The van der Waals surface area contributed by atoms with Gasteiger partial charge >= 0.3 is 5.97 Å². The minimum atomic E-state index is -1.68. The van der Waals surface area contributed by atoms with Crippen LogP contribution < -0.4 is 0 Å². The maximum Gasteiger partial charge on any atom is 0.333 e. The third-order valence-electron chi connectivity index (χ3n) is 6.66. The normalized spacial score (nSPS) is 51.0. The molecule has 174 valence electrons. The van der Waals surface area contributed by atoms with Crippen LogP contribution in [0.1, 0.15) is 20.8 Å². The summed E-state index contributed by atoms with van der Waals surface area (Å²) in [6.45, 7) is 4.39. The molecule has 11 atom stereocenters. The second-order valence-corrected chi connectivity index (χ2v) is 8.53. The Bertz CT molecular complexity index is 781. The maximum absolute atomic E-state index is 12.3. The quantitative estimate of drug-likeness (QED) is 0.182. The first-order valence-electron chi connectivity index (χ1n) is 10.1. The van der Waals surface area contributed by atoms with Crippen LogP contribution in [0.5, 0.6) is 0 Å². The molecule has 11 heteroatoms. The summed E-state index contributed by atoms with van der Waals surface area (Å²) in [6, 6.07) is 0. The van der Waals surface area contributed by atoms with Gasteiger partial charge in [0.15, 0.2) is 12.4 Å². The van der Waals surface area contributed by atoms with Crippen molar-refractivity contribution in [3.8, 4) is 0 Å². The minimum Gasteiger partial charge on any atom is -0.472 e. The first kappa shape index (κ1) is 22.6. The highest BCUT2D eigenvalue weighted by Gasteiger charge is 2.80. The number of fused-ring (bicyclic) bond motifs is 3. The number of carbonyl (C=O) groups excluding carboxylic acids is 1. The van der Waals surface area contributed by atoms with Gasteiger partial charge in [0.05, 0.1) is 18.8 Å². The van der Waals surface area contributed by atoms with Gasteiger partial charge in [0, 0.05) is 5.57 Å². The zero-order chi connectivity index (χ0) is 22.7. The Morgan fingerprint density at radius 3 is 2.55 bits per heavy atom. The summed E-state index contributed by atoms with van der Waals surface area (Å²) in [7, 11) is 0. The first-order chi connectivity index (χ1) is 14.6. The first-order valence-corrected chi connectivity index (χ1v) is 10.1.